The molecular weight excluding hydrogens is 299 g/mol. The van der Waals surface area contributed by atoms with Crippen molar-refractivity contribution in [3.8, 4) is 5.75 Å². The monoisotopic (exact) mass is 326 g/mol. The lowest BCUT2D eigenvalue weighted by Gasteiger charge is -2.28. The summed E-state index contributed by atoms with van der Waals surface area (Å²) in [5.74, 6) is 0.280. The summed E-state index contributed by atoms with van der Waals surface area (Å²) < 4.78 is 5.75. The second kappa shape index (κ2) is 8.90. The number of phenolic OH excluding ortho intramolecular Hbond substituents is 1. The molecule has 1 aromatic carbocycles. The lowest BCUT2D eigenvalue weighted by Crippen LogP contribution is -2.31. The van der Waals surface area contributed by atoms with Crippen LogP contribution in [0.1, 0.15) is 45.1 Å². The summed E-state index contributed by atoms with van der Waals surface area (Å²) in [5.41, 5.74) is 4.52. The largest absolute Gasteiger partial charge is 0.508 e. The molecule has 0 aromatic heterocycles. The molecular formula is C20H27BO3. The van der Waals surface area contributed by atoms with E-state index in [4.69, 9.17) is 4.65 Å². The van der Waals surface area contributed by atoms with Crippen molar-refractivity contribution in [3.63, 3.8) is 0 Å². The summed E-state index contributed by atoms with van der Waals surface area (Å²) >= 11 is 0. The van der Waals surface area contributed by atoms with Gasteiger partial charge in [0.25, 0.3) is 0 Å². The Balaban J connectivity index is 2.07. The van der Waals surface area contributed by atoms with Crippen LogP contribution in [0.3, 0.4) is 0 Å². The number of benzene rings is 1. The van der Waals surface area contributed by atoms with Gasteiger partial charge in [-0.25, -0.2) is 0 Å². The van der Waals surface area contributed by atoms with Crippen LogP contribution in [0.25, 0.3) is 6.08 Å². The highest BCUT2D eigenvalue weighted by atomic mass is 16.5. The fourth-order valence-electron chi connectivity index (χ4n) is 3.00. The van der Waals surface area contributed by atoms with E-state index in [1.165, 1.54) is 5.57 Å². The molecule has 128 valence electrons. The van der Waals surface area contributed by atoms with Gasteiger partial charge in [0.15, 0.2) is 0 Å². The Bertz CT molecular complexity index is 634. The van der Waals surface area contributed by atoms with E-state index in [1.54, 1.807) is 12.1 Å². The van der Waals surface area contributed by atoms with Gasteiger partial charge in [0.05, 0.1) is 6.10 Å². The van der Waals surface area contributed by atoms with E-state index >= 15 is 0 Å². The van der Waals surface area contributed by atoms with Crippen molar-refractivity contribution >= 4 is 13.2 Å². The predicted molar refractivity (Wildman–Crippen MR) is 101 cm³/mol. The van der Waals surface area contributed by atoms with Crippen molar-refractivity contribution < 1.29 is 14.8 Å². The van der Waals surface area contributed by atoms with Crippen LogP contribution in [-0.4, -0.2) is 23.4 Å². The van der Waals surface area contributed by atoms with Gasteiger partial charge in [-0.05, 0) is 49.0 Å². The number of rotatable bonds is 7. The van der Waals surface area contributed by atoms with Gasteiger partial charge >= 0.3 is 7.12 Å². The highest BCUT2D eigenvalue weighted by molar-refractivity contribution is 6.43. The van der Waals surface area contributed by atoms with Crippen LogP contribution < -0.4 is 0 Å². The van der Waals surface area contributed by atoms with Gasteiger partial charge in [-0.3, -0.25) is 0 Å². The fraction of sp³-hybridized carbons (Fsp3) is 0.400. The zero-order valence-corrected chi connectivity index (χ0v) is 14.7. The third kappa shape index (κ3) is 5.12. The molecule has 2 rings (SSSR count). The average Bonchev–Trinajstić information content (AvgIpc) is 2.58. The maximum atomic E-state index is 9.80. The molecule has 0 radical (unpaired) electrons. The van der Waals surface area contributed by atoms with Gasteiger partial charge in [-0.1, -0.05) is 55.9 Å². The van der Waals surface area contributed by atoms with Crippen molar-refractivity contribution in [2.24, 2.45) is 0 Å². The van der Waals surface area contributed by atoms with Gasteiger partial charge < -0.3 is 14.8 Å². The molecule has 1 aromatic rings. The number of hydrogen-bond acceptors (Lipinski definition) is 3. The first-order chi connectivity index (χ1) is 11.5. The molecule has 1 aliphatic rings. The first-order valence-corrected chi connectivity index (χ1v) is 8.73. The van der Waals surface area contributed by atoms with Crippen LogP contribution in [0, 0.1) is 0 Å². The molecule has 1 unspecified atom stereocenters. The van der Waals surface area contributed by atoms with Gasteiger partial charge in [0.2, 0.25) is 0 Å². The molecule has 4 heteroatoms. The van der Waals surface area contributed by atoms with Crippen LogP contribution in [0.15, 0.2) is 53.6 Å². The summed E-state index contributed by atoms with van der Waals surface area (Å²) in [4.78, 5) is 0. The van der Waals surface area contributed by atoms with Crippen LogP contribution in [0.4, 0.5) is 0 Å². The Labute approximate surface area is 145 Å². The number of hydrogen-bond donors (Lipinski definition) is 2. The molecule has 1 aliphatic heterocycles. The smallest absolute Gasteiger partial charge is 0.458 e. The van der Waals surface area contributed by atoms with Gasteiger partial charge in [0.1, 0.15) is 5.75 Å². The minimum atomic E-state index is -0.719. The standard InChI is InChI=1S/C20H27BO3/c1-4-15(3)19-11-12-21(23)24-20(19)10-9-16(5-2)13-17-7-6-8-18(22)14-17/h6-8,11,13-14,20,22-23H,3-5,9-10,12H2,1-2H3/b16-13+. The van der Waals surface area contributed by atoms with Gasteiger partial charge in [-0.15, -0.1) is 0 Å². The average molecular weight is 326 g/mol. The minimum Gasteiger partial charge on any atom is -0.508 e. The van der Waals surface area contributed by atoms with E-state index in [0.29, 0.717) is 6.32 Å². The zero-order chi connectivity index (χ0) is 17.5. The van der Waals surface area contributed by atoms with Crippen molar-refractivity contribution in [3.05, 3.63) is 59.2 Å². The molecule has 0 saturated carbocycles. The summed E-state index contributed by atoms with van der Waals surface area (Å²) in [6.45, 7) is 8.34. The van der Waals surface area contributed by atoms with Crippen LogP contribution in [-0.2, 0) is 4.65 Å². The van der Waals surface area contributed by atoms with E-state index in [9.17, 15) is 10.1 Å². The summed E-state index contributed by atoms with van der Waals surface area (Å²) in [6.07, 6.45) is 8.16. The van der Waals surface area contributed by atoms with Crippen molar-refractivity contribution in [2.45, 2.75) is 52.0 Å². The van der Waals surface area contributed by atoms with E-state index in [-0.39, 0.29) is 11.9 Å². The van der Waals surface area contributed by atoms with E-state index in [2.05, 4.69) is 32.6 Å². The lowest BCUT2D eigenvalue weighted by molar-refractivity contribution is 0.183. The van der Waals surface area contributed by atoms with Crippen LogP contribution in [0.2, 0.25) is 6.32 Å². The topological polar surface area (TPSA) is 49.7 Å². The number of phenols is 1. The Hall–Kier alpha value is -1.78. The Morgan fingerprint density at radius 2 is 2.17 bits per heavy atom. The molecule has 0 saturated heterocycles. The third-order valence-electron chi connectivity index (χ3n) is 4.47. The molecule has 1 atom stereocenters. The SMILES string of the molecule is C=C(CC)C1=CCB(O)OC1CC/C(=C/c1cccc(O)c1)CC. The quantitative estimate of drug-likeness (QED) is 0.712. The Kier molecular flexibility index (Phi) is 6.89. The first-order valence-electron chi connectivity index (χ1n) is 8.73. The maximum Gasteiger partial charge on any atom is 0.458 e. The van der Waals surface area contributed by atoms with Gasteiger partial charge in [-0.2, -0.15) is 0 Å². The summed E-state index contributed by atoms with van der Waals surface area (Å²) in [5, 5.41) is 19.4. The highest BCUT2D eigenvalue weighted by Crippen LogP contribution is 2.29. The Morgan fingerprint density at radius 3 is 2.83 bits per heavy atom. The van der Waals surface area contributed by atoms with Crippen molar-refractivity contribution in [2.75, 3.05) is 0 Å². The molecule has 0 fully saturated rings. The lowest BCUT2D eigenvalue weighted by atomic mass is 9.77. The molecule has 3 nitrogen and oxygen atoms in total. The summed E-state index contributed by atoms with van der Waals surface area (Å²) in [6, 6.07) is 7.27. The second-order valence-electron chi connectivity index (χ2n) is 6.22. The normalized spacial score (nSPS) is 18.5. The fourth-order valence-corrected chi connectivity index (χ4v) is 3.00. The highest BCUT2D eigenvalue weighted by Gasteiger charge is 2.27. The van der Waals surface area contributed by atoms with Crippen molar-refractivity contribution in [1.82, 2.24) is 0 Å². The van der Waals surface area contributed by atoms with Crippen LogP contribution in [0.5, 0.6) is 5.75 Å². The van der Waals surface area contributed by atoms with E-state index < -0.39 is 7.12 Å². The predicted octanol–water partition coefficient (Wildman–Crippen LogP) is 4.74. The molecule has 2 N–H and O–H groups in total. The number of allylic oxidation sites excluding steroid dienone is 2. The Morgan fingerprint density at radius 1 is 1.38 bits per heavy atom. The second-order valence-corrected chi connectivity index (χ2v) is 6.22. The molecule has 24 heavy (non-hydrogen) atoms. The zero-order valence-electron chi connectivity index (χ0n) is 14.7. The van der Waals surface area contributed by atoms with Crippen LogP contribution >= 0.6 is 0 Å². The van der Waals surface area contributed by atoms with E-state index in [0.717, 1.165) is 42.4 Å². The van der Waals surface area contributed by atoms with Gasteiger partial charge in [0, 0.05) is 6.32 Å². The van der Waals surface area contributed by atoms with Crippen molar-refractivity contribution in [1.29, 1.82) is 0 Å². The maximum absolute atomic E-state index is 9.80. The molecule has 0 amide bonds. The molecule has 0 spiro atoms. The molecule has 1 heterocycles. The molecule has 0 bridgehead atoms. The summed E-state index contributed by atoms with van der Waals surface area (Å²) in [7, 11) is -0.719. The number of aromatic hydroxyl groups is 1. The third-order valence-corrected chi connectivity index (χ3v) is 4.47. The minimum absolute atomic E-state index is 0.0969. The molecule has 0 aliphatic carbocycles. The first kappa shape index (κ1) is 18.6. The van der Waals surface area contributed by atoms with E-state index in [1.807, 2.05) is 12.1 Å².